The van der Waals surface area contributed by atoms with Crippen molar-refractivity contribution in [2.24, 2.45) is 0 Å². The molecule has 0 unspecified atom stereocenters. The van der Waals surface area contributed by atoms with Crippen LogP contribution in [-0.2, 0) is 11.3 Å². The quantitative estimate of drug-likeness (QED) is 0.636. The van der Waals surface area contributed by atoms with Gasteiger partial charge in [0, 0.05) is 9.85 Å². The van der Waals surface area contributed by atoms with Gasteiger partial charge in [-0.1, -0.05) is 21.1 Å². The molecule has 0 aliphatic heterocycles. The molecule has 0 fully saturated rings. The first kappa shape index (κ1) is 14.9. The molecule has 0 spiro atoms. The van der Waals surface area contributed by atoms with Gasteiger partial charge in [0.1, 0.15) is 5.82 Å². The molecule has 8 heteroatoms. The Bertz CT molecular complexity index is 804. The lowest BCUT2D eigenvalue weighted by Crippen LogP contribution is -2.08. The maximum atomic E-state index is 13.6. The van der Waals surface area contributed by atoms with E-state index in [1.807, 2.05) is 16.8 Å². The average molecular weight is 383 g/mol. The molecular formula is C14H8BrFN2O3S. The van der Waals surface area contributed by atoms with Crippen LogP contribution in [0.2, 0.25) is 0 Å². The van der Waals surface area contributed by atoms with Gasteiger partial charge in [0.2, 0.25) is 5.82 Å². The summed E-state index contributed by atoms with van der Waals surface area (Å²) in [5.74, 6) is -0.882. The van der Waals surface area contributed by atoms with Gasteiger partial charge in [-0.3, -0.25) is 0 Å². The van der Waals surface area contributed by atoms with Gasteiger partial charge in [0.15, 0.2) is 6.61 Å². The molecule has 3 aromatic rings. The number of thiophene rings is 1. The number of carbonyl (C=O) groups is 1. The third-order valence-electron chi connectivity index (χ3n) is 2.72. The van der Waals surface area contributed by atoms with Crippen molar-refractivity contribution in [1.29, 1.82) is 0 Å². The maximum Gasteiger partial charge on any atom is 0.341 e. The number of aromatic nitrogens is 2. The van der Waals surface area contributed by atoms with E-state index in [1.54, 1.807) is 6.07 Å². The first-order valence-electron chi connectivity index (χ1n) is 6.11. The Morgan fingerprint density at radius 3 is 3.00 bits per heavy atom. The summed E-state index contributed by atoms with van der Waals surface area (Å²) in [6.45, 7) is -0.192. The number of hydrogen-bond acceptors (Lipinski definition) is 6. The number of rotatable bonds is 4. The van der Waals surface area contributed by atoms with E-state index in [0.29, 0.717) is 10.4 Å². The molecule has 0 atom stereocenters. The zero-order valence-corrected chi connectivity index (χ0v) is 13.4. The fourth-order valence-corrected chi connectivity index (χ4v) is 2.64. The number of nitrogens with zero attached hydrogens (tertiary/aromatic N) is 2. The third kappa shape index (κ3) is 3.23. The predicted molar refractivity (Wildman–Crippen MR) is 80.8 cm³/mol. The lowest BCUT2D eigenvalue weighted by Gasteiger charge is -2.03. The molecule has 2 aromatic heterocycles. The van der Waals surface area contributed by atoms with Crippen LogP contribution in [0.15, 0.2) is 44.0 Å². The van der Waals surface area contributed by atoms with Gasteiger partial charge >= 0.3 is 5.97 Å². The Kier molecular flexibility index (Phi) is 4.30. The highest BCUT2D eigenvalue weighted by Gasteiger charge is 2.15. The molecule has 5 nitrogen and oxygen atoms in total. The van der Waals surface area contributed by atoms with E-state index < -0.39 is 11.8 Å². The Hall–Kier alpha value is -2.06. The summed E-state index contributed by atoms with van der Waals surface area (Å²) in [5, 5.41) is 7.46. The minimum Gasteiger partial charge on any atom is -0.454 e. The Morgan fingerprint density at radius 1 is 1.41 bits per heavy atom. The molecule has 0 aliphatic carbocycles. The summed E-state index contributed by atoms with van der Waals surface area (Å²) >= 11 is 4.62. The summed E-state index contributed by atoms with van der Waals surface area (Å²) in [7, 11) is 0. The predicted octanol–water partition coefficient (Wildman–Crippen LogP) is 4.06. The van der Waals surface area contributed by atoms with Gasteiger partial charge in [0.25, 0.3) is 5.89 Å². The van der Waals surface area contributed by atoms with Crippen LogP contribution < -0.4 is 0 Å². The molecule has 1 aromatic carbocycles. The second-order valence-electron chi connectivity index (χ2n) is 4.23. The van der Waals surface area contributed by atoms with Gasteiger partial charge in [-0.2, -0.15) is 16.3 Å². The topological polar surface area (TPSA) is 65.2 Å². The van der Waals surface area contributed by atoms with E-state index in [9.17, 15) is 9.18 Å². The fourth-order valence-electron chi connectivity index (χ4n) is 1.68. The number of benzene rings is 1. The van der Waals surface area contributed by atoms with Crippen molar-refractivity contribution in [2.75, 3.05) is 0 Å². The van der Waals surface area contributed by atoms with Gasteiger partial charge in [-0.05, 0) is 29.6 Å². The molecule has 0 aliphatic rings. The molecule has 2 heterocycles. The standard InChI is InChI=1S/C14H8BrFN2O3S/c15-9-1-2-10(11(16)5-9)14(19)20-6-12-17-13(21-18-12)8-3-4-22-7-8/h1-5,7H,6H2. The fraction of sp³-hybridized carbons (Fsp3) is 0.0714. The van der Waals surface area contributed by atoms with E-state index in [-0.39, 0.29) is 18.0 Å². The number of esters is 1. The summed E-state index contributed by atoms with van der Waals surface area (Å²) in [6.07, 6.45) is 0. The largest absolute Gasteiger partial charge is 0.454 e. The number of halogens is 2. The van der Waals surface area contributed by atoms with Crippen molar-refractivity contribution in [2.45, 2.75) is 6.61 Å². The van der Waals surface area contributed by atoms with Crippen LogP contribution >= 0.6 is 27.3 Å². The van der Waals surface area contributed by atoms with Crippen molar-refractivity contribution in [3.63, 3.8) is 0 Å². The SMILES string of the molecule is O=C(OCc1noc(-c2ccsc2)n1)c1ccc(Br)cc1F. The van der Waals surface area contributed by atoms with Crippen molar-refractivity contribution in [1.82, 2.24) is 10.1 Å². The van der Waals surface area contributed by atoms with E-state index in [0.717, 1.165) is 5.56 Å². The van der Waals surface area contributed by atoms with E-state index in [1.165, 1.54) is 23.5 Å². The molecule has 0 N–H and O–H groups in total. The molecular weight excluding hydrogens is 375 g/mol. The number of carbonyl (C=O) groups excluding carboxylic acids is 1. The van der Waals surface area contributed by atoms with E-state index >= 15 is 0 Å². The van der Waals surface area contributed by atoms with E-state index in [4.69, 9.17) is 9.26 Å². The van der Waals surface area contributed by atoms with Gasteiger partial charge in [0.05, 0.1) is 11.1 Å². The number of hydrogen-bond donors (Lipinski definition) is 0. The third-order valence-corrected chi connectivity index (χ3v) is 3.90. The molecule has 0 saturated heterocycles. The average Bonchev–Trinajstić information content (AvgIpc) is 3.16. The smallest absolute Gasteiger partial charge is 0.341 e. The lowest BCUT2D eigenvalue weighted by atomic mass is 10.2. The second-order valence-corrected chi connectivity index (χ2v) is 5.92. The van der Waals surface area contributed by atoms with E-state index in [2.05, 4.69) is 26.1 Å². The molecule has 22 heavy (non-hydrogen) atoms. The summed E-state index contributed by atoms with van der Waals surface area (Å²) in [5.41, 5.74) is 0.652. The first-order valence-corrected chi connectivity index (χ1v) is 7.84. The van der Waals surface area contributed by atoms with Crippen molar-refractivity contribution in [3.8, 4) is 11.5 Å². The van der Waals surface area contributed by atoms with Crippen LogP contribution in [0.5, 0.6) is 0 Å². The Morgan fingerprint density at radius 2 is 2.27 bits per heavy atom. The highest BCUT2D eigenvalue weighted by Crippen LogP contribution is 2.20. The summed E-state index contributed by atoms with van der Waals surface area (Å²) in [6, 6.07) is 5.93. The van der Waals surface area contributed by atoms with Crippen LogP contribution in [0.3, 0.4) is 0 Å². The molecule has 3 rings (SSSR count). The first-order chi connectivity index (χ1) is 10.6. The van der Waals surface area contributed by atoms with Crippen molar-refractivity contribution >= 4 is 33.2 Å². The van der Waals surface area contributed by atoms with Crippen LogP contribution in [0.4, 0.5) is 4.39 Å². The molecule has 0 radical (unpaired) electrons. The highest BCUT2D eigenvalue weighted by atomic mass is 79.9. The zero-order valence-electron chi connectivity index (χ0n) is 11.0. The highest BCUT2D eigenvalue weighted by molar-refractivity contribution is 9.10. The van der Waals surface area contributed by atoms with Crippen molar-refractivity contribution < 1.29 is 18.4 Å². The van der Waals surface area contributed by atoms with Gasteiger partial charge < -0.3 is 9.26 Å². The minimum atomic E-state index is -0.785. The van der Waals surface area contributed by atoms with Gasteiger partial charge in [-0.25, -0.2) is 9.18 Å². The maximum absolute atomic E-state index is 13.6. The molecule has 112 valence electrons. The van der Waals surface area contributed by atoms with Crippen LogP contribution in [-0.4, -0.2) is 16.1 Å². The molecule has 0 saturated carbocycles. The molecule has 0 bridgehead atoms. The molecule has 0 amide bonds. The summed E-state index contributed by atoms with van der Waals surface area (Å²) in [4.78, 5) is 15.9. The Labute approximate surface area is 136 Å². The van der Waals surface area contributed by atoms with Crippen LogP contribution in [0, 0.1) is 5.82 Å². The van der Waals surface area contributed by atoms with Crippen LogP contribution in [0.1, 0.15) is 16.2 Å². The summed E-state index contributed by atoms with van der Waals surface area (Å²) < 4.78 is 24.2. The second kappa shape index (κ2) is 6.37. The number of ether oxygens (including phenoxy) is 1. The van der Waals surface area contributed by atoms with Gasteiger partial charge in [-0.15, -0.1) is 0 Å². The Balaban J connectivity index is 1.66. The van der Waals surface area contributed by atoms with Crippen molar-refractivity contribution in [3.05, 3.63) is 56.7 Å². The monoisotopic (exact) mass is 382 g/mol. The lowest BCUT2D eigenvalue weighted by molar-refractivity contribution is 0.0454. The minimum absolute atomic E-state index is 0.148. The normalized spacial score (nSPS) is 10.6. The zero-order chi connectivity index (χ0) is 15.5. The van der Waals surface area contributed by atoms with Crippen LogP contribution in [0.25, 0.3) is 11.5 Å².